The maximum atomic E-state index is 13.3. The Morgan fingerprint density at radius 1 is 1.13 bits per heavy atom. The zero-order chi connectivity index (χ0) is 21.3. The van der Waals surface area contributed by atoms with Crippen LogP contribution < -0.4 is 16.0 Å². The number of benzene rings is 1. The molecule has 1 aromatic carbocycles. The third kappa shape index (κ3) is 3.67. The standard InChI is InChI=1S/C22H28N4O4/c1-3-24-19-18(20(28)25(22(24)29)12-5-13-27)26(14-16-10-8-15(2)9-11-16)21(23-19)30-17-6-4-7-17/h8-11,17,27H,3-7,12-14H2,1-2H3. The van der Waals surface area contributed by atoms with Gasteiger partial charge in [0.05, 0.1) is 6.54 Å². The number of aliphatic hydroxyl groups is 1. The van der Waals surface area contributed by atoms with Gasteiger partial charge in [0, 0.05) is 19.7 Å². The summed E-state index contributed by atoms with van der Waals surface area (Å²) < 4.78 is 10.6. The minimum Gasteiger partial charge on any atom is -0.461 e. The van der Waals surface area contributed by atoms with Crippen LogP contribution in [0.3, 0.4) is 0 Å². The Balaban J connectivity index is 1.92. The molecule has 8 heteroatoms. The molecule has 3 aromatic rings. The van der Waals surface area contributed by atoms with Crippen LogP contribution in [0.2, 0.25) is 0 Å². The molecule has 1 aliphatic rings. The number of imidazole rings is 1. The van der Waals surface area contributed by atoms with Gasteiger partial charge in [-0.25, -0.2) is 4.79 Å². The van der Waals surface area contributed by atoms with Crippen molar-refractivity contribution in [1.29, 1.82) is 0 Å². The maximum absolute atomic E-state index is 13.3. The number of hydrogen-bond donors (Lipinski definition) is 1. The monoisotopic (exact) mass is 412 g/mol. The lowest BCUT2D eigenvalue weighted by Crippen LogP contribution is -2.40. The molecule has 1 N–H and O–H groups in total. The quantitative estimate of drug-likeness (QED) is 0.611. The highest BCUT2D eigenvalue weighted by molar-refractivity contribution is 5.72. The van der Waals surface area contributed by atoms with Crippen LogP contribution in [0.1, 0.15) is 43.7 Å². The average molecular weight is 412 g/mol. The molecule has 1 aliphatic carbocycles. The Labute approximate surface area is 174 Å². The highest BCUT2D eigenvalue weighted by Gasteiger charge is 2.26. The van der Waals surface area contributed by atoms with Crippen LogP contribution in [-0.4, -0.2) is 36.5 Å². The zero-order valence-corrected chi connectivity index (χ0v) is 17.5. The minimum atomic E-state index is -0.404. The van der Waals surface area contributed by atoms with E-state index in [4.69, 9.17) is 4.74 Å². The van der Waals surface area contributed by atoms with Gasteiger partial charge in [0.15, 0.2) is 11.2 Å². The lowest BCUT2D eigenvalue weighted by molar-refractivity contribution is 0.104. The molecule has 0 radical (unpaired) electrons. The minimum absolute atomic E-state index is 0.0886. The fraction of sp³-hybridized carbons (Fsp3) is 0.500. The average Bonchev–Trinajstić information content (AvgIpc) is 3.05. The first kappa shape index (κ1) is 20.4. The molecule has 30 heavy (non-hydrogen) atoms. The summed E-state index contributed by atoms with van der Waals surface area (Å²) in [5.41, 5.74) is 2.11. The number of aromatic nitrogens is 4. The molecule has 2 aromatic heterocycles. The summed E-state index contributed by atoms with van der Waals surface area (Å²) in [4.78, 5) is 30.8. The number of aliphatic hydroxyl groups excluding tert-OH is 1. The Morgan fingerprint density at radius 3 is 2.47 bits per heavy atom. The molecule has 0 spiro atoms. The van der Waals surface area contributed by atoms with Gasteiger partial charge in [-0.1, -0.05) is 29.8 Å². The van der Waals surface area contributed by atoms with Gasteiger partial charge in [0.1, 0.15) is 6.10 Å². The van der Waals surface area contributed by atoms with Crippen molar-refractivity contribution in [2.24, 2.45) is 0 Å². The van der Waals surface area contributed by atoms with Gasteiger partial charge in [-0.3, -0.25) is 18.5 Å². The molecule has 1 saturated carbocycles. The molecule has 1 fully saturated rings. The van der Waals surface area contributed by atoms with E-state index in [0.29, 0.717) is 36.7 Å². The number of hydrogen-bond acceptors (Lipinski definition) is 5. The number of nitrogens with zero attached hydrogens (tertiary/aromatic N) is 4. The first-order valence-electron chi connectivity index (χ1n) is 10.6. The van der Waals surface area contributed by atoms with E-state index in [1.54, 1.807) is 4.57 Å². The normalized spacial score (nSPS) is 14.2. The summed E-state index contributed by atoms with van der Waals surface area (Å²) in [6.45, 7) is 4.77. The van der Waals surface area contributed by atoms with Crippen LogP contribution in [-0.2, 0) is 19.6 Å². The van der Waals surface area contributed by atoms with Crippen molar-refractivity contribution >= 4 is 11.2 Å². The predicted octanol–water partition coefficient (Wildman–Crippen LogP) is 2.05. The molecule has 0 aliphatic heterocycles. The van der Waals surface area contributed by atoms with Crippen molar-refractivity contribution in [3.8, 4) is 6.01 Å². The zero-order valence-electron chi connectivity index (χ0n) is 17.5. The summed E-state index contributed by atoms with van der Waals surface area (Å²) in [5.74, 6) is 0. The largest absolute Gasteiger partial charge is 0.461 e. The second kappa shape index (κ2) is 8.47. The van der Waals surface area contributed by atoms with Crippen LogP contribution in [0.15, 0.2) is 33.9 Å². The summed E-state index contributed by atoms with van der Waals surface area (Å²) in [6, 6.07) is 8.49. The maximum Gasteiger partial charge on any atom is 0.332 e. The fourth-order valence-electron chi connectivity index (χ4n) is 3.73. The predicted molar refractivity (Wildman–Crippen MR) is 114 cm³/mol. The van der Waals surface area contributed by atoms with Crippen molar-refractivity contribution in [2.75, 3.05) is 6.61 Å². The summed E-state index contributed by atoms with van der Waals surface area (Å²) in [5, 5.41) is 9.20. The van der Waals surface area contributed by atoms with Gasteiger partial charge in [-0.2, -0.15) is 4.98 Å². The molecule has 0 amide bonds. The molecule has 0 bridgehead atoms. The van der Waals surface area contributed by atoms with Gasteiger partial charge < -0.3 is 9.84 Å². The molecule has 2 heterocycles. The van der Waals surface area contributed by atoms with Crippen molar-refractivity contribution < 1.29 is 9.84 Å². The number of rotatable bonds is 8. The van der Waals surface area contributed by atoms with Crippen LogP contribution in [0, 0.1) is 6.92 Å². The second-order valence-corrected chi connectivity index (χ2v) is 7.87. The lowest BCUT2D eigenvalue weighted by atomic mass is 9.96. The van der Waals surface area contributed by atoms with Gasteiger partial charge in [0.2, 0.25) is 0 Å². The highest BCUT2D eigenvalue weighted by atomic mass is 16.5. The number of ether oxygens (including phenoxy) is 1. The molecule has 0 atom stereocenters. The van der Waals surface area contributed by atoms with E-state index < -0.39 is 11.2 Å². The van der Waals surface area contributed by atoms with Gasteiger partial charge in [-0.15, -0.1) is 0 Å². The van der Waals surface area contributed by atoms with E-state index in [9.17, 15) is 14.7 Å². The Hall–Kier alpha value is -2.87. The topological polar surface area (TPSA) is 91.3 Å². The first-order chi connectivity index (χ1) is 14.5. The molecular weight excluding hydrogens is 384 g/mol. The molecular formula is C22H28N4O4. The van der Waals surface area contributed by atoms with E-state index in [2.05, 4.69) is 4.98 Å². The van der Waals surface area contributed by atoms with E-state index in [0.717, 1.165) is 30.4 Å². The van der Waals surface area contributed by atoms with Gasteiger partial charge >= 0.3 is 5.69 Å². The Morgan fingerprint density at radius 2 is 1.87 bits per heavy atom. The smallest absolute Gasteiger partial charge is 0.332 e. The molecule has 160 valence electrons. The van der Waals surface area contributed by atoms with Gasteiger partial charge in [-0.05, 0) is 45.1 Å². The van der Waals surface area contributed by atoms with Crippen LogP contribution >= 0.6 is 0 Å². The summed E-state index contributed by atoms with van der Waals surface area (Å²) in [7, 11) is 0. The Bertz CT molecular complexity index is 1150. The van der Waals surface area contributed by atoms with Crippen molar-refractivity contribution in [2.45, 2.75) is 65.3 Å². The van der Waals surface area contributed by atoms with Gasteiger partial charge in [0.25, 0.3) is 11.6 Å². The van der Waals surface area contributed by atoms with E-state index in [1.165, 1.54) is 9.13 Å². The second-order valence-electron chi connectivity index (χ2n) is 7.87. The van der Waals surface area contributed by atoms with Crippen molar-refractivity contribution in [3.63, 3.8) is 0 Å². The Kier molecular flexibility index (Phi) is 5.76. The van der Waals surface area contributed by atoms with Crippen molar-refractivity contribution in [3.05, 3.63) is 56.2 Å². The third-order valence-corrected chi connectivity index (χ3v) is 5.72. The van der Waals surface area contributed by atoms with E-state index >= 15 is 0 Å². The summed E-state index contributed by atoms with van der Waals surface area (Å²) in [6.07, 6.45) is 3.49. The summed E-state index contributed by atoms with van der Waals surface area (Å²) >= 11 is 0. The first-order valence-corrected chi connectivity index (χ1v) is 10.6. The molecule has 0 unspecified atom stereocenters. The molecule has 8 nitrogen and oxygen atoms in total. The number of fused-ring (bicyclic) bond motifs is 1. The number of aryl methyl sites for hydroxylation is 2. The van der Waals surface area contributed by atoms with E-state index in [-0.39, 0.29) is 19.3 Å². The SMILES string of the molecule is CCn1c(=O)n(CCCO)c(=O)c2c1nc(OC1CCC1)n2Cc1ccc(C)cc1. The lowest BCUT2D eigenvalue weighted by Gasteiger charge is -2.25. The van der Waals surface area contributed by atoms with Crippen LogP contribution in [0.4, 0.5) is 0 Å². The fourth-order valence-corrected chi connectivity index (χ4v) is 3.73. The van der Waals surface area contributed by atoms with Crippen molar-refractivity contribution in [1.82, 2.24) is 18.7 Å². The van der Waals surface area contributed by atoms with E-state index in [1.807, 2.05) is 38.1 Å². The molecule has 4 rings (SSSR count). The van der Waals surface area contributed by atoms with Crippen LogP contribution in [0.25, 0.3) is 11.2 Å². The molecule has 0 saturated heterocycles. The van der Waals surface area contributed by atoms with Crippen LogP contribution in [0.5, 0.6) is 6.01 Å². The third-order valence-electron chi connectivity index (χ3n) is 5.72. The highest BCUT2D eigenvalue weighted by Crippen LogP contribution is 2.27.